The first-order valence-corrected chi connectivity index (χ1v) is 4.32. The zero-order valence-electron chi connectivity index (χ0n) is 8.29. The monoisotopic (exact) mass is 174 g/mol. The lowest BCUT2D eigenvalue weighted by molar-refractivity contribution is 0.0404. The van der Waals surface area contributed by atoms with E-state index in [0.717, 1.165) is 0 Å². The van der Waals surface area contributed by atoms with Gasteiger partial charge in [-0.3, -0.25) is 0 Å². The van der Waals surface area contributed by atoms with Crippen LogP contribution in [0.5, 0.6) is 0 Å². The van der Waals surface area contributed by atoms with Gasteiger partial charge in [-0.05, 0) is 11.8 Å². The Bertz CT molecular complexity index is 116. The molecule has 12 heavy (non-hydrogen) atoms. The number of ether oxygens (including phenoxy) is 2. The Morgan fingerprint density at radius 1 is 1.00 bits per heavy atom. The molecule has 0 aliphatic rings. The lowest BCUT2D eigenvalue weighted by atomic mass is 10.2. The predicted molar refractivity (Wildman–Crippen MR) is 47.0 cm³/mol. The van der Waals surface area contributed by atoms with Crippen molar-refractivity contribution in [1.29, 1.82) is 0 Å². The van der Waals surface area contributed by atoms with Gasteiger partial charge in [0.05, 0.1) is 13.2 Å². The van der Waals surface area contributed by atoms with Crippen molar-refractivity contribution in [2.24, 2.45) is 11.8 Å². The Morgan fingerprint density at radius 3 is 1.58 bits per heavy atom. The lowest BCUT2D eigenvalue weighted by Crippen LogP contribution is -2.14. The van der Waals surface area contributed by atoms with Gasteiger partial charge in [0.25, 0.3) is 0 Å². The van der Waals surface area contributed by atoms with E-state index < -0.39 is 6.16 Å². The number of rotatable bonds is 4. The number of hydrogen-bond acceptors (Lipinski definition) is 3. The summed E-state index contributed by atoms with van der Waals surface area (Å²) in [5, 5.41) is 0. The minimum absolute atomic E-state index is 0.358. The smallest absolute Gasteiger partial charge is 0.434 e. The molecule has 0 atom stereocenters. The first-order chi connectivity index (χ1) is 5.52. The van der Waals surface area contributed by atoms with E-state index in [1.165, 1.54) is 0 Å². The zero-order valence-corrected chi connectivity index (χ0v) is 8.29. The molecule has 0 heterocycles. The molecule has 0 unspecified atom stereocenters. The summed E-state index contributed by atoms with van der Waals surface area (Å²) in [6, 6.07) is 0. The van der Waals surface area contributed by atoms with Crippen molar-refractivity contribution in [3.8, 4) is 0 Å². The molecule has 0 aromatic heterocycles. The van der Waals surface area contributed by atoms with Gasteiger partial charge in [-0.1, -0.05) is 27.7 Å². The third-order valence-electron chi connectivity index (χ3n) is 1.07. The van der Waals surface area contributed by atoms with E-state index in [4.69, 9.17) is 9.47 Å². The average molecular weight is 174 g/mol. The first kappa shape index (κ1) is 11.3. The standard InChI is InChI=1S/C9H18O3/c1-7(2)5-11-9(10)12-6-8(3)4/h7-8H,5-6H2,1-4H3. The van der Waals surface area contributed by atoms with E-state index in [2.05, 4.69) is 0 Å². The Labute approximate surface area is 74.0 Å². The van der Waals surface area contributed by atoms with Crippen LogP contribution < -0.4 is 0 Å². The fraction of sp³-hybridized carbons (Fsp3) is 0.889. The van der Waals surface area contributed by atoms with Gasteiger partial charge in [0, 0.05) is 0 Å². The summed E-state index contributed by atoms with van der Waals surface area (Å²) in [7, 11) is 0. The van der Waals surface area contributed by atoms with Crippen LogP contribution in [-0.4, -0.2) is 19.4 Å². The molecule has 3 heteroatoms. The van der Waals surface area contributed by atoms with Crippen molar-refractivity contribution in [3.63, 3.8) is 0 Å². The van der Waals surface area contributed by atoms with Crippen LogP contribution in [0.2, 0.25) is 0 Å². The van der Waals surface area contributed by atoms with E-state index in [-0.39, 0.29) is 0 Å². The molecule has 0 N–H and O–H groups in total. The highest BCUT2D eigenvalue weighted by molar-refractivity contribution is 5.59. The fourth-order valence-electron chi connectivity index (χ4n) is 0.511. The van der Waals surface area contributed by atoms with E-state index in [0.29, 0.717) is 25.0 Å². The minimum Gasteiger partial charge on any atom is -0.434 e. The van der Waals surface area contributed by atoms with Crippen LogP contribution in [0.3, 0.4) is 0 Å². The van der Waals surface area contributed by atoms with Gasteiger partial charge in [-0.25, -0.2) is 4.79 Å². The second-order valence-corrected chi connectivity index (χ2v) is 3.66. The maximum absolute atomic E-state index is 10.8. The molecule has 0 aromatic carbocycles. The predicted octanol–water partition coefficient (Wildman–Crippen LogP) is 2.45. The average Bonchev–Trinajstić information content (AvgIpc) is 1.96. The van der Waals surface area contributed by atoms with E-state index in [1.54, 1.807) is 0 Å². The van der Waals surface area contributed by atoms with E-state index in [9.17, 15) is 4.79 Å². The summed E-state index contributed by atoms with van der Waals surface area (Å²) in [6.45, 7) is 8.78. The van der Waals surface area contributed by atoms with Crippen molar-refractivity contribution >= 4 is 6.16 Å². The quantitative estimate of drug-likeness (QED) is 0.614. The SMILES string of the molecule is CC(C)COC(=O)OCC(C)C. The Kier molecular flexibility index (Phi) is 5.51. The molecule has 0 amide bonds. The van der Waals surface area contributed by atoms with Gasteiger partial charge in [0.15, 0.2) is 0 Å². The molecule has 0 fully saturated rings. The highest BCUT2D eigenvalue weighted by atomic mass is 16.7. The van der Waals surface area contributed by atoms with Crippen molar-refractivity contribution in [1.82, 2.24) is 0 Å². The van der Waals surface area contributed by atoms with E-state index in [1.807, 2.05) is 27.7 Å². The molecule has 0 rings (SSSR count). The normalized spacial score (nSPS) is 10.5. The topological polar surface area (TPSA) is 35.5 Å². The van der Waals surface area contributed by atoms with Gasteiger partial charge in [0.2, 0.25) is 0 Å². The Hall–Kier alpha value is -0.730. The molecule has 0 saturated carbocycles. The van der Waals surface area contributed by atoms with Crippen LogP contribution >= 0.6 is 0 Å². The molecule has 0 radical (unpaired) electrons. The highest BCUT2D eigenvalue weighted by Gasteiger charge is 2.05. The van der Waals surface area contributed by atoms with E-state index >= 15 is 0 Å². The molecule has 0 aliphatic heterocycles. The third kappa shape index (κ3) is 7.38. The van der Waals surface area contributed by atoms with Crippen LogP contribution in [0.4, 0.5) is 4.79 Å². The molecule has 0 saturated heterocycles. The van der Waals surface area contributed by atoms with Gasteiger partial charge in [-0.2, -0.15) is 0 Å². The van der Waals surface area contributed by atoms with Crippen LogP contribution in [0, 0.1) is 11.8 Å². The number of hydrogen-bond donors (Lipinski definition) is 0. The van der Waals surface area contributed by atoms with Crippen molar-refractivity contribution in [2.45, 2.75) is 27.7 Å². The van der Waals surface area contributed by atoms with Crippen LogP contribution in [0.15, 0.2) is 0 Å². The van der Waals surface area contributed by atoms with Gasteiger partial charge < -0.3 is 9.47 Å². The van der Waals surface area contributed by atoms with Gasteiger partial charge in [0.1, 0.15) is 0 Å². The highest BCUT2D eigenvalue weighted by Crippen LogP contribution is 1.97. The second-order valence-electron chi connectivity index (χ2n) is 3.66. The van der Waals surface area contributed by atoms with Crippen LogP contribution in [0.25, 0.3) is 0 Å². The lowest BCUT2D eigenvalue weighted by Gasteiger charge is -2.08. The fourth-order valence-corrected chi connectivity index (χ4v) is 0.511. The van der Waals surface area contributed by atoms with Crippen LogP contribution in [0.1, 0.15) is 27.7 Å². The summed E-state index contributed by atoms with van der Waals surface area (Å²) in [5.41, 5.74) is 0. The second kappa shape index (κ2) is 5.86. The number of carbonyl (C=O) groups is 1. The van der Waals surface area contributed by atoms with Gasteiger partial charge in [-0.15, -0.1) is 0 Å². The van der Waals surface area contributed by atoms with Crippen molar-refractivity contribution in [3.05, 3.63) is 0 Å². The Balaban J connectivity index is 3.34. The zero-order chi connectivity index (χ0) is 9.56. The summed E-state index contributed by atoms with van der Waals surface area (Å²) in [6.07, 6.45) is -0.558. The molecular formula is C9H18O3. The third-order valence-corrected chi connectivity index (χ3v) is 1.07. The molecular weight excluding hydrogens is 156 g/mol. The molecule has 0 aliphatic carbocycles. The molecule has 0 spiro atoms. The first-order valence-electron chi connectivity index (χ1n) is 4.32. The molecule has 0 bridgehead atoms. The van der Waals surface area contributed by atoms with Crippen molar-refractivity contribution < 1.29 is 14.3 Å². The summed E-state index contributed by atoms with van der Waals surface area (Å²) < 4.78 is 9.59. The molecule has 72 valence electrons. The molecule has 3 nitrogen and oxygen atoms in total. The molecule has 0 aromatic rings. The summed E-state index contributed by atoms with van der Waals surface area (Å²) >= 11 is 0. The van der Waals surface area contributed by atoms with Crippen LogP contribution in [-0.2, 0) is 9.47 Å². The largest absolute Gasteiger partial charge is 0.508 e. The minimum atomic E-state index is -0.558. The maximum Gasteiger partial charge on any atom is 0.508 e. The number of carbonyl (C=O) groups excluding carboxylic acids is 1. The van der Waals surface area contributed by atoms with Crippen molar-refractivity contribution in [2.75, 3.05) is 13.2 Å². The van der Waals surface area contributed by atoms with Gasteiger partial charge >= 0.3 is 6.16 Å². The summed E-state index contributed by atoms with van der Waals surface area (Å²) in [5.74, 6) is 0.716. The Morgan fingerprint density at radius 2 is 1.33 bits per heavy atom. The summed E-state index contributed by atoms with van der Waals surface area (Å²) in [4.78, 5) is 10.8. The maximum atomic E-state index is 10.8.